The van der Waals surface area contributed by atoms with Crippen LogP contribution in [-0.2, 0) is 28.3 Å². The number of benzene rings is 1. The SMILES string of the molecule is CC[C@@]1(O)C(=O)OCc2c1cc1n(c2=O)Cc2c-1nc1ccccc1c2C(C)C. The number of hydrogen-bond donors (Lipinski definition) is 1. The Balaban J connectivity index is 1.85. The predicted octanol–water partition coefficient (Wildman–Crippen LogP) is 3.20. The Morgan fingerprint density at radius 3 is 2.72 bits per heavy atom. The van der Waals surface area contributed by atoms with Gasteiger partial charge < -0.3 is 14.4 Å². The van der Waals surface area contributed by atoms with E-state index in [1.807, 2.05) is 18.2 Å². The molecule has 2 aromatic heterocycles. The van der Waals surface area contributed by atoms with E-state index in [0.29, 0.717) is 23.4 Å². The number of rotatable bonds is 2. The highest BCUT2D eigenvalue weighted by Gasteiger charge is 2.45. The van der Waals surface area contributed by atoms with Crippen molar-refractivity contribution in [3.05, 3.63) is 62.9 Å². The Labute approximate surface area is 167 Å². The second-order valence-electron chi connectivity index (χ2n) is 8.13. The van der Waals surface area contributed by atoms with Crippen molar-refractivity contribution in [2.45, 2.75) is 51.9 Å². The first kappa shape index (κ1) is 18.1. The van der Waals surface area contributed by atoms with Crippen LogP contribution in [0.3, 0.4) is 0 Å². The number of esters is 1. The predicted molar refractivity (Wildman–Crippen MR) is 109 cm³/mol. The molecule has 29 heavy (non-hydrogen) atoms. The number of hydrogen-bond acceptors (Lipinski definition) is 5. The zero-order chi connectivity index (χ0) is 20.5. The summed E-state index contributed by atoms with van der Waals surface area (Å²) < 4.78 is 6.83. The summed E-state index contributed by atoms with van der Waals surface area (Å²) in [6.45, 7) is 6.30. The van der Waals surface area contributed by atoms with Crippen LogP contribution in [0.15, 0.2) is 35.1 Å². The molecule has 5 rings (SSSR count). The van der Waals surface area contributed by atoms with Crippen LogP contribution >= 0.6 is 0 Å². The summed E-state index contributed by atoms with van der Waals surface area (Å²) >= 11 is 0. The van der Waals surface area contributed by atoms with Crippen LogP contribution in [0.4, 0.5) is 0 Å². The van der Waals surface area contributed by atoms with Crippen LogP contribution < -0.4 is 5.56 Å². The van der Waals surface area contributed by atoms with Gasteiger partial charge in [0.2, 0.25) is 0 Å². The zero-order valence-electron chi connectivity index (χ0n) is 16.7. The van der Waals surface area contributed by atoms with E-state index in [9.17, 15) is 14.7 Å². The van der Waals surface area contributed by atoms with Crippen molar-refractivity contribution in [2.75, 3.05) is 0 Å². The van der Waals surface area contributed by atoms with Gasteiger partial charge in [0.25, 0.3) is 5.56 Å². The standard InChI is InChI=1S/C23H22N2O4/c1-4-23(28)16-9-18-20-14(10-25(18)21(26)15(16)11-29-22(23)27)19(12(2)3)13-7-5-6-8-17(13)24-20/h5-9,12,28H,4,10-11H2,1-3H3/t23-/m0/s1. The van der Waals surface area contributed by atoms with E-state index < -0.39 is 11.6 Å². The normalized spacial score (nSPS) is 19.8. The lowest BCUT2D eigenvalue weighted by Gasteiger charge is -2.31. The highest BCUT2D eigenvalue weighted by Crippen LogP contribution is 2.41. The van der Waals surface area contributed by atoms with E-state index >= 15 is 0 Å². The second kappa shape index (κ2) is 6.00. The van der Waals surface area contributed by atoms with E-state index in [0.717, 1.165) is 22.2 Å². The van der Waals surface area contributed by atoms with Crippen molar-refractivity contribution in [1.82, 2.24) is 9.55 Å². The third-order valence-electron chi connectivity index (χ3n) is 6.22. The number of aromatic nitrogens is 2. The first-order valence-electron chi connectivity index (χ1n) is 9.95. The average molecular weight is 390 g/mol. The van der Waals surface area contributed by atoms with Gasteiger partial charge in [-0.15, -0.1) is 0 Å². The highest BCUT2D eigenvalue weighted by atomic mass is 16.6. The number of pyridine rings is 2. The zero-order valence-corrected chi connectivity index (χ0v) is 16.7. The first-order chi connectivity index (χ1) is 13.9. The molecular weight excluding hydrogens is 368 g/mol. The molecule has 0 amide bonds. The molecule has 0 radical (unpaired) electrons. The lowest BCUT2D eigenvalue weighted by molar-refractivity contribution is -0.172. The van der Waals surface area contributed by atoms with Gasteiger partial charge in [-0.3, -0.25) is 4.79 Å². The van der Waals surface area contributed by atoms with Gasteiger partial charge in [0.05, 0.1) is 29.0 Å². The van der Waals surface area contributed by atoms with Gasteiger partial charge in [-0.1, -0.05) is 39.0 Å². The summed E-state index contributed by atoms with van der Waals surface area (Å²) in [5, 5.41) is 12.1. The van der Waals surface area contributed by atoms with Gasteiger partial charge in [0.1, 0.15) is 6.61 Å². The molecule has 3 aromatic rings. The van der Waals surface area contributed by atoms with Crippen LogP contribution in [-0.4, -0.2) is 20.6 Å². The van der Waals surface area contributed by atoms with Crippen LogP contribution in [0.5, 0.6) is 0 Å². The van der Waals surface area contributed by atoms with Gasteiger partial charge in [0.15, 0.2) is 5.60 Å². The molecule has 0 saturated heterocycles. The Hall–Kier alpha value is -2.99. The summed E-state index contributed by atoms with van der Waals surface area (Å²) in [4.78, 5) is 30.4. The lowest BCUT2D eigenvalue weighted by atomic mass is 9.86. The minimum absolute atomic E-state index is 0.113. The molecule has 0 aliphatic carbocycles. The number of nitrogens with zero attached hydrogens (tertiary/aromatic N) is 2. The lowest BCUT2D eigenvalue weighted by Crippen LogP contribution is -2.44. The Bertz CT molecular complexity index is 1260. The fourth-order valence-electron chi connectivity index (χ4n) is 4.72. The van der Waals surface area contributed by atoms with Gasteiger partial charge in [-0.2, -0.15) is 0 Å². The maximum atomic E-state index is 13.3. The molecule has 1 N–H and O–H groups in total. The fourth-order valence-corrected chi connectivity index (χ4v) is 4.72. The van der Waals surface area contributed by atoms with E-state index in [1.165, 1.54) is 5.56 Å². The molecule has 1 atom stereocenters. The fraction of sp³-hybridized carbons (Fsp3) is 0.348. The molecule has 0 bridgehead atoms. The monoisotopic (exact) mass is 390 g/mol. The van der Waals surface area contributed by atoms with Gasteiger partial charge >= 0.3 is 5.97 Å². The topological polar surface area (TPSA) is 81.4 Å². The third kappa shape index (κ3) is 2.29. The van der Waals surface area contributed by atoms with Crippen molar-refractivity contribution < 1.29 is 14.6 Å². The second-order valence-corrected chi connectivity index (χ2v) is 8.13. The Morgan fingerprint density at radius 1 is 1.24 bits per heavy atom. The van der Waals surface area contributed by atoms with Crippen molar-refractivity contribution in [2.24, 2.45) is 0 Å². The molecule has 4 heterocycles. The minimum atomic E-state index is -1.80. The molecule has 0 unspecified atom stereocenters. The number of fused-ring (bicyclic) bond motifs is 5. The molecule has 6 heteroatoms. The van der Waals surface area contributed by atoms with Crippen molar-refractivity contribution in [3.63, 3.8) is 0 Å². The van der Waals surface area contributed by atoms with E-state index in [-0.39, 0.29) is 24.5 Å². The minimum Gasteiger partial charge on any atom is -0.458 e. The smallest absolute Gasteiger partial charge is 0.343 e. The van der Waals surface area contributed by atoms with Crippen molar-refractivity contribution in [3.8, 4) is 11.4 Å². The number of para-hydroxylation sites is 1. The van der Waals surface area contributed by atoms with Gasteiger partial charge in [-0.25, -0.2) is 9.78 Å². The number of carbonyl (C=O) groups excluding carboxylic acids is 1. The maximum Gasteiger partial charge on any atom is 0.343 e. The summed E-state index contributed by atoms with van der Waals surface area (Å²) in [7, 11) is 0. The highest BCUT2D eigenvalue weighted by molar-refractivity contribution is 5.89. The van der Waals surface area contributed by atoms with Crippen LogP contribution in [0, 0.1) is 0 Å². The molecule has 1 aromatic carbocycles. The maximum absolute atomic E-state index is 13.3. The largest absolute Gasteiger partial charge is 0.458 e. The molecular formula is C23H22N2O4. The molecule has 6 nitrogen and oxygen atoms in total. The average Bonchev–Trinajstić information content (AvgIpc) is 3.07. The van der Waals surface area contributed by atoms with E-state index in [2.05, 4.69) is 19.9 Å². The Kier molecular flexibility index (Phi) is 3.74. The van der Waals surface area contributed by atoms with Crippen molar-refractivity contribution >= 4 is 16.9 Å². The molecule has 0 fully saturated rings. The quantitative estimate of drug-likeness (QED) is 0.532. The van der Waals surface area contributed by atoms with E-state index in [4.69, 9.17) is 9.72 Å². The molecule has 0 spiro atoms. The molecule has 2 aliphatic heterocycles. The summed E-state index contributed by atoms with van der Waals surface area (Å²) in [6.07, 6.45) is 0.136. The molecule has 2 aliphatic rings. The number of cyclic esters (lactones) is 1. The number of aliphatic hydroxyl groups is 1. The summed E-state index contributed by atoms with van der Waals surface area (Å²) in [5.41, 5.74) is 3.16. The van der Waals surface area contributed by atoms with Crippen molar-refractivity contribution in [1.29, 1.82) is 0 Å². The molecule has 0 saturated carbocycles. The number of carbonyl (C=O) groups is 1. The number of ether oxygens (including phenoxy) is 1. The van der Waals surface area contributed by atoms with Crippen LogP contribution in [0.25, 0.3) is 22.3 Å². The van der Waals surface area contributed by atoms with Gasteiger partial charge in [-0.05, 0) is 30.0 Å². The first-order valence-corrected chi connectivity index (χ1v) is 9.95. The van der Waals surface area contributed by atoms with Crippen LogP contribution in [0.1, 0.15) is 55.4 Å². The third-order valence-corrected chi connectivity index (χ3v) is 6.22. The van der Waals surface area contributed by atoms with Crippen LogP contribution in [0.2, 0.25) is 0 Å². The Morgan fingerprint density at radius 2 is 2.00 bits per heavy atom. The van der Waals surface area contributed by atoms with E-state index in [1.54, 1.807) is 17.6 Å². The summed E-state index contributed by atoms with van der Waals surface area (Å²) in [5.74, 6) is -0.446. The summed E-state index contributed by atoms with van der Waals surface area (Å²) in [6, 6.07) is 9.75. The van der Waals surface area contributed by atoms with Gasteiger partial charge in [0, 0.05) is 16.5 Å². The molecule has 148 valence electrons.